The molecule has 0 atom stereocenters. The van der Waals surface area contributed by atoms with Crippen LogP contribution in [-0.4, -0.2) is 10.0 Å². The molecule has 3 heteroatoms. The standard InChI is InChI=1S/C3H8OS2/c1-3(2,4)6-5/h4-5H,1-2H3. The molecule has 0 rings (SSSR count). The Balaban J connectivity index is 3.17. The van der Waals surface area contributed by atoms with Crippen LogP contribution in [0.5, 0.6) is 0 Å². The van der Waals surface area contributed by atoms with Gasteiger partial charge in [-0.25, -0.2) is 0 Å². The lowest BCUT2D eigenvalue weighted by Gasteiger charge is -2.09. The second-order valence-corrected chi connectivity index (χ2v) is 3.27. The van der Waals surface area contributed by atoms with Crippen LogP contribution in [0.2, 0.25) is 0 Å². The fraction of sp³-hybridized carbons (Fsp3) is 1.00. The van der Waals surface area contributed by atoms with E-state index in [1.54, 1.807) is 13.8 Å². The maximum absolute atomic E-state index is 8.71. The van der Waals surface area contributed by atoms with E-state index >= 15 is 0 Å². The van der Waals surface area contributed by atoms with E-state index in [0.29, 0.717) is 0 Å². The van der Waals surface area contributed by atoms with Crippen molar-refractivity contribution in [3.63, 3.8) is 0 Å². The van der Waals surface area contributed by atoms with Crippen LogP contribution in [0.15, 0.2) is 0 Å². The molecule has 0 aliphatic rings. The van der Waals surface area contributed by atoms with Crippen LogP contribution in [0.25, 0.3) is 0 Å². The number of hydrogen-bond acceptors (Lipinski definition) is 3. The average molecular weight is 124 g/mol. The zero-order chi connectivity index (χ0) is 5.21. The van der Waals surface area contributed by atoms with Gasteiger partial charge in [-0.2, -0.15) is 0 Å². The Morgan fingerprint density at radius 3 is 1.83 bits per heavy atom. The highest BCUT2D eigenvalue weighted by atomic mass is 33.1. The predicted octanol–water partition coefficient (Wildman–Crippen LogP) is 1.29. The zero-order valence-electron chi connectivity index (χ0n) is 3.80. The van der Waals surface area contributed by atoms with Crippen molar-refractivity contribution < 1.29 is 5.11 Å². The van der Waals surface area contributed by atoms with Crippen molar-refractivity contribution in [2.75, 3.05) is 0 Å². The van der Waals surface area contributed by atoms with E-state index in [4.69, 9.17) is 5.11 Å². The summed E-state index contributed by atoms with van der Waals surface area (Å²) in [4.78, 5) is -0.677. The van der Waals surface area contributed by atoms with Crippen LogP contribution in [0, 0.1) is 0 Å². The Morgan fingerprint density at radius 2 is 1.83 bits per heavy atom. The maximum Gasteiger partial charge on any atom is 0.114 e. The van der Waals surface area contributed by atoms with Crippen molar-refractivity contribution in [3.8, 4) is 0 Å². The molecule has 0 aliphatic carbocycles. The monoisotopic (exact) mass is 124 g/mol. The van der Waals surface area contributed by atoms with Gasteiger partial charge < -0.3 is 5.11 Å². The van der Waals surface area contributed by atoms with Gasteiger partial charge in [-0.15, -0.1) is 11.7 Å². The first-order chi connectivity index (χ1) is 2.56. The second-order valence-electron chi connectivity index (χ2n) is 1.54. The van der Waals surface area contributed by atoms with E-state index < -0.39 is 4.93 Å². The van der Waals surface area contributed by atoms with E-state index in [1.807, 2.05) is 0 Å². The summed E-state index contributed by atoms with van der Waals surface area (Å²) >= 11 is 3.77. The van der Waals surface area contributed by atoms with Gasteiger partial charge in [0.2, 0.25) is 0 Å². The molecule has 0 bridgehead atoms. The highest BCUT2D eigenvalue weighted by Crippen LogP contribution is 2.22. The van der Waals surface area contributed by atoms with E-state index in [9.17, 15) is 0 Å². The summed E-state index contributed by atoms with van der Waals surface area (Å²) in [7, 11) is 1.13. The molecule has 0 aliphatic heterocycles. The van der Waals surface area contributed by atoms with Crippen LogP contribution in [0.1, 0.15) is 13.8 Å². The quantitative estimate of drug-likeness (QED) is 0.312. The summed E-state index contributed by atoms with van der Waals surface area (Å²) in [5.74, 6) is 0. The van der Waals surface area contributed by atoms with Crippen LogP contribution in [0.4, 0.5) is 0 Å². The average Bonchev–Trinajstić information content (AvgIpc) is 1.35. The Kier molecular flexibility index (Phi) is 2.33. The molecule has 0 aromatic rings. The minimum absolute atomic E-state index is 0.677. The van der Waals surface area contributed by atoms with Gasteiger partial charge in [0.05, 0.1) is 0 Å². The molecule has 1 nitrogen and oxygen atoms in total. The van der Waals surface area contributed by atoms with Crippen LogP contribution >= 0.6 is 22.5 Å². The highest BCUT2D eigenvalue weighted by molar-refractivity contribution is 8.69. The number of rotatable bonds is 1. The predicted molar refractivity (Wildman–Crippen MR) is 32.9 cm³/mol. The smallest absolute Gasteiger partial charge is 0.114 e. The van der Waals surface area contributed by atoms with E-state index in [2.05, 4.69) is 11.7 Å². The van der Waals surface area contributed by atoms with Gasteiger partial charge in [-0.3, -0.25) is 0 Å². The number of hydrogen-bond donors (Lipinski definition) is 2. The zero-order valence-corrected chi connectivity index (χ0v) is 5.51. The number of aliphatic hydroxyl groups is 1. The van der Waals surface area contributed by atoms with E-state index in [0.717, 1.165) is 10.8 Å². The Labute approximate surface area is 46.9 Å². The fourth-order valence-corrected chi connectivity index (χ4v) is 0. The minimum atomic E-state index is -0.677. The molecular formula is C3H8OS2. The molecule has 0 amide bonds. The molecule has 0 aromatic heterocycles. The molecule has 38 valence electrons. The van der Waals surface area contributed by atoms with Gasteiger partial charge in [0.15, 0.2) is 0 Å². The van der Waals surface area contributed by atoms with Gasteiger partial charge in [-0.1, -0.05) is 10.8 Å². The van der Waals surface area contributed by atoms with Crippen molar-refractivity contribution >= 4 is 22.5 Å². The summed E-state index contributed by atoms with van der Waals surface area (Å²) in [6.07, 6.45) is 0. The summed E-state index contributed by atoms with van der Waals surface area (Å²) in [5.41, 5.74) is 0. The van der Waals surface area contributed by atoms with Crippen molar-refractivity contribution in [1.82, 2.24) is 0 Å². The molecule has 0 radical (unpaired) electrons. The van der Waals surface area contributed by atoms with Crippen LogP contribution in [0.3, 0.4) is 0 Å². The largest absolute Gasteiger partial charge is 0.379 e. The Hall–Kier alpha value is 0.660. The molecule has 0 aromatic carbocycles. The van der Waals surface area contributed by atoms with Crippen molar-refractivity contribution in [2.24, 2.45) is 0 Å². The van der Waals surface area contributed by atoms with Gasteiger partial charge in [0.1, 0.15) is 4.93 Å². The third kappa shape index (κ3) is 4.66. The Morgan fingerprint density at radius 1 is 1.67 bits per heavy atom. The van der Waals surface area contributed by atoms with Crippen molar-refractivity contribution in [2.45, 2.75) is 18.8 Å². The summed E-state index contributed by atoms with van der Waals surface area (Å²) in [6, 6.07) is 0. The van der Waals surface area contributed by atoms with Gasteiger partial charge >= 0.3 is 0 Å². The maximum atomic E-state index is 8.71. The second kappa shape index (κ2) is 2.09. The molecule has 0 unspecified atom stereocenters. The Bertz CT molecular complexity index is 38.5. The summed E-state index contributed by atoms with van der Waals surface area (Å²) in [5, 5.41) is 8.71. The molecular weight excluding hydrogens is 116 g/mol. The topological polar surface area (TPSA) is 20.2 Å². The summed E-state index contributed by atoms with van der Waals surface area (Å²) in [6.45, 7) is 3.37. The SMILES string of the molecule is CC(C)(O)SS. The molecule has 0 saturated carbocycles. The molecule has 0 fully saturated rings. The minimum Gasteiger partial charge on any atom is -0.379 e. The molecule has 0 heterocycles. The molecule has 6 heavy (non-hydrogen) atoms. The lowest BCUT2D eigenvalue weighted by molar-refractivity contribution is 0.181. The highest BCUT2D eigenvalue weighted by Gasteiger charge is 2.07. The fourth-order valence-electron chi connectivity index (χ4n) is 0. The van der Waals surface area contributed by atoms with Gasteiger partial charge in [0, 0.05) is 0 Å². The number of thiol groups is 1. The van der Waals surface area contributed by atoms with E-state index in [1.165, 1.54) is 0 Å². The van der Waals surface area contributed by atoms with Crippen molar-refractivity contribution in [1.29, 1.82) is 0 Å². The third-order valence-electron chi connectivity index (χ3n) is 0.223. The van der Waals surface area contributed by atoms with Crippen molar-refractivity contribution in [3.05, 3.63) is 0 Å². The first-order valence-electron chi connectivity index (χ1n) is 1.61. The van der Waals surface area contributed by atoms with Gasteiger partial charge in [-0.05, 0) is 13.8 Å². The normalized spacial score (nSPS) is 12.0. The van der Waals surface area contributed by atoms with Crippen LogP contribution in [-0.2, 0) is 0 Å². The molecule has 0 saturated heterocycles. The molecule has 1 N–H and O–H groups in total. The first kappa shape index (κ1) is 6.66. The lowest BCUT2D eigenvalue weighted by atomic mass is 10.5. The van der Waals surface area contributed by atoms with Crippen LogP contribution < -0.4 is 0 Å². The molecule has 0 spiro atoms. The lowest BCUT2D eigenvalue weighted by Crippen LogP contribution is -2.08. The van der Waals surface area contributed by atoms with E-state index in [-0.39, 0.29) is 0 Å². The van der Waals surface area contributed by atoms with Gasteiger partial charge in [0.25, 0.3) is 0 Å². The summed E-state index contributed by atoms with van der Waals surface area (Å²) < 4.78 is 0. The third-order valence-corrected chi connectivity index (χ3v) is 2.01. The first-order valence-corrected chi connectivity index (χ1v) is 3.48.